The minimum Gasteiger partial charge on any atom is -0.492 e. The van der Waals surface area contributed by atoms with Crippen LogP contribution in [0.1, 0.15) is 61.7 Å². The molecule has 1 aromatic rings. The number of likely N-dealkylation sites (tertiary alicyclic amines) is 1. The van der Waals surface area contributed by atoms with Crippen LogP contribution in [0.15, 0.2) is 24.3 Å². The van der Waals surface area contributed by atoms with Gasteiger partial charge in [-0.2, -0.15) is 0 Å². The second kappa shape index (κ2) is 9.82. The van der Waals surface area contributed by atoms with E-state index in [2.05, 4.69) is 10.2 Å². The normalized spacial score (nSPS) is 23.1. The lowest BCUT2D eigenvalue weighted by Gasteiger charge is -2.42. The molecule has 0 atom stereocenters. The quantitative estimate of drug-likeness (QED) is 0.805. The number of piperidine rings is 1. The third-order valence-corrected chi connectivity index (χ3v) is 6.78. The fourth-order valence-electron chi connectivity index (χ4n) is 4.54. The van der Waals surface area contributed by atoms with Crippen molar-refractivity contribution in [2.24, 2.45) is 11.3 Å². The van der Waals surface area contributed by atoms with Gasteiger partial charge in [0, 0.05) is 38.1 Å². The van der Waals surface area contributed by atoms with Crippen molar-refractivity contribution in [2.45, 2.75) is 51.4 Å². The number of carbonyl (C=O) groups is 2. The van der Waals surface area contributed by atoms with Crippen molar-refractivity contribution in [2.75, 3.05) is 39.5 Å². The zero-order chi connectivity index (χ0) is 20.8. The van der Waals surface area contributed by atoms with Crippen molar-refractivity contribution >= 4 is 11.8 Å². The number of ether oxygens (including phenoxy) is 2. The van der Waals surface area contributed by atoms with Crippen LogP contribution in [0.2, 0.25) is 0 Å². The van der Waals surface area contributed by atoms with Crippen LogP contribution >= 0.6 is 0 Å². The number of hydrogen-bond donors (Lipinski definition) is 1. The zero-order valence-electron chi connectivity index (χ0n) is 17.9. The number of amides is 2. The second-order valence-electron chi connectivity index (χ2n) is 9.14. The first kappa shape index (κ1) is 21.2. The van der Waals surface area contributed by atoms with Gasteiger partial charge in [0.2, 0.25) is 5.91 Å². The first-order valence-corrected chi connectivity index (χ1v) is 11.5. The van der Waals surface area contributed by atoms with E-state index in [1.54, 1.807) is 0 Å². The number of nitrogens with one attached hydrogen (secondary N) is 1. The maximum Gasteiger partial charge on any atom is 0.255 e. The van der Waals surface area contributed by atoms with Crippen molar-refractivity contribution in [1.82, 2.24) is 10.2 Å². The molecule has 6 heteroatoms. The highest BCUT2D eigenvalue weighted by Crippen LogP contribution is 2.39. The van der Waals surface area contributed by atoms with Gasteiger partial charge in [-0.3, -0.25) is 9.59 Å². The Balaban J connectivity index is 1.44. The van der Waals surface area contributed by atoms with Gasteiger partial charge < -0.3 is 19.7 Å². The van der Waals surface area contributed by atoms with Gasteiger partial charge in [0.15, 0.2) is 0 Å². The van der Waals surface area contributed by atoms with Gasteiger partial charge in [-0.1, -0.05) is 18.6 Å². The SMILES string of the molecule is O=C1NCCOCCCCC2(CCN(C(=O)CC3CC3)CC2)COc2ccccc21. The fourth-order valence-corrected chi connectivity index (χ4v) is 4.54. The first-order chi connectivity index (χ1) is 14.7. The van der Waals surface area contributed by atoms with Crippen LogP contribution in [0.3, 0.4) is 0 Å². The van der Waals surface area contributed by atoms with E-state index in [-0.39, 0.29) is 11.3 Å². The number of benzene rings is 1. The minimum absolute atomic E-state index is 0.0457. The third-order valence-electron chi connectivity index (χ3n) is 6.78. The summed E-state index contributed by atoms with van der Waals surface area (Å²) in [6, 6.07) is 7.45. The van der Waals surface area contributed by atoms with Crippen LogP contribution in [0, 0.1) is 11.3 Å². The van der Waals surface area contributed by atoms with Gasteiger partial charge >= 0.3 is 0 Å². The fraction of sp³-hybridized carbons (Fsp3) is 0.667. The van der Waals surface area contributed by atoms with Crippen LogP contribution in [0.25, 0.3) is 0 Å². The molecule has 1 aliphatic carbocycles. The summed E-state index contributed by atoms with van der Waals surface area (Å²) in [7, 11) is 0. The van der Waals surface area contributed by atoms with Crippen LogP contribution in [0.4, 0.5) is 0 Å². The molecule has 1 spiro atoms. The lowest BCUT2D eigenvalue weighted by Crippen LogP contribution is -2.45. The molecule has 0 bridgehead atoms. The molecule has 4 rings (SSSR count). The van der Waals surface area contributed by atoms with Gasteiger partial charge in [0.1, 0.15) is 5.75 Å². The van der Waals surface area contributed by atoms with E-state index in [0.29, 0.717) is 42.9 Å². The summed E-state index contributed by atoms with van der Waals surface area (Å²) in [6.45, 7) is 3.96. The molecule has 2 fully saturated rings. The van der Waals surface area contributed by atoms with Crippen LogP contribution in [0.5, 0.6) is 5.75 Å². The van der Waals surface area contributed by atoms with E-state index in [1.807, 2.05) is 24.3 Å². The Labute approximate surface area is 179 Å². The zero-order valence-corrected chi connectivity index (χ0v) is 17.9. The van der Waals surface area contributed by atoms with Gasteiger partial charge in [0.05, 0.1) is 18.8 Å². The number of nitrogens with zero attached hydrogens (tertiary/aromatic N) is 1. The molecule has 2 aliphatic heterocycles. The van der Waals surface area contributed by atoms with E-state index in [4.69, 9.17) is 9.47 Å². The summed E-state index contributed by atoms with van der Waals surface area (Å²) < 4.78 is 12.0. The lowest BCUT2D eigenvalue weighted by atomic mass is 9.75. The molecular weight excluding hydrogens is 380 g/mol. The molecule has 0 aromatic heterocycles. The summed E-state index contributed by atoms with van der Waals surface area (Å²) in [5.41, 5.74) is 0.617. The van der Waals surface area contributed by atoms with E-state index in [1.165, 1.54) is 12.8 Å². The molecule has 1 saturated heterocycles. The van der Waals surface area contributed by atoms with E-state index in [0.717, 1.165) is 58.2 Å². The molecular formula is C24H34N2O4. The van der Waals surface area contributed by atoms with Gasteiger partial charge in [-0.25, -0.2) is 0 Å². The molecule has 1 saturated carbocycles. The number of hydrogen-bond acceptors (Lipinski definition) is 4. The first-order valence-electron chi connectivity index (χ1n) is 11.5. The Morgan fingerprint density at radius 3 is 2.70 bits per heavy atom. The lowest BCUT2D eigenvalue weighted by molar-refractivity contribution is -0.134. The van der Waals surface area contributed by atoms with Crippen molar-refractivity contribution in [1.29, 1.82) is 0 Å². The predicted molar refractivity (Wildman–Crippen MR) is 115 cm³/mol. The highest BCUT2D eigenvalue weighted by molar-refractivity contribution is 5.96. The molecule has 30 heavy (non-hydrogen) atoms. The van der Waals surface area contributed by atoms with Gasteiger partial charge in [-0.15, -0.1) is 0 Å². The smallest absolute Gasteiger partial charge is 0.255 e. The Hall–Kier alpha value is -2.08. The van der Waals surface area contributed by atoms with Gasteiger partial charge in [0.25, 0.3) is 5.91 Å². The van der Waals surface area contributed by atoms with Crippen molar-refractivity contribution in [3.63, 3.8) is 0 Å². The molecule has 2 heterocycles. The molecule has 1 N–H and O–H groups in total. The van der Waals surface area contributed by atoms with E-state index < -0.39 is 0 Å². The number of rotatable bonds is 2. The number of carbonyl (C=O) groups excluding carboxylic acids is 2. The summed E-state index contributed by atoms with van der Waals surface area (Å²) in [5.74, 6) is 1.47. The van der Waals surface area contributed by atoms with E-state index in [9.17, 15) is 9.59 Å². The Morgan fingerprint density at radius 1 is 1.10 bits per heavy atom. The van der Waals surface area contributed by atoms with Crippen LogP contribution in [-0.4, -0.2) is 56.2 Å². The highest BCUT2D eigenvalue weighted by atomic mass is 16.5. The minimum atomic E-state index is -0.124. The van der Waals surface area contributed by atoms with Crippen LogP contribution in [-0.2, 0) is 9.53 Å². The van der Waals surface area contributed by atoms with Crippen molar-refractivity contribution < 1.29 is 19.1 Å². The molecule has 2 amide bonds. The van der Waals surface area contributed by atoms with E-state index >= 15 is 0 Å². The monoisotopic (exact) mass is 414 g/mol. The highest BCUT2D eigenvalue weighted by Gasteiger charge is 2.37. The Bertz CT molecular complexity index is 738. The summed E-state index contributed by atoms with van der Waals surface area (Å²) in [4.78, 5) is 27.1. The molecule has 6 nitrogen and oxygen atoms in total. The maximum atomic E-state index is 12.6. The molecule has 0 unspecified atom stereocenters. The largest absolute Gasteiger partial charge is 0.492 e. The summed E-state index contributed by atoms with van der Waals surface area (Å²) >= 11 is 0. The predicted octanol–water partition coefficient (Wildman–Crippen LogP) is 3.40. The van der Waals surface area contributed by atoms with Crippen molar-refractivity contribution in [3.05, 3.63) is 29.8 Å². The topological polar surface area (TPSA) is 67.9 Å². The second-order valence-corrected chi connectivity index (χ2v) is 9.14. The average Bonchev–Trinajstić information content (AvgIpc) is 3.58. The third kappa shape index (κ3) is 5.54. The number of fused-ring (bicyclic) bond motifs is 1. The molecule has 3 aliphatic rings. The Morgan fingerprint density at radius 2 is 1.90 bits per heavy atom. The number of para-hydroxylation sites is 1. The maximum absolute atomic E-state index is 12.6. The molecule has 164 valence electrons. The summed E-state index contributed by atoms with van der Waals surface area (Å²) in [5, 5.41) is 2.91. The van der Waals surface area contributed by atoms with Gasteiger partial charge in [-0.05, 0) is 56.6 Å². The average molecular weight is 415 g/mol. The van der Waals surface area contributed by atoms with Crippen molar-refractivity contribution in [3.8, 4) is 5.75 Å². The summed E-state index contributed by atoms with van der Waals surface area (Å²) in [6.07, 6.45) is 8.23. The molecule has 0 radical (unpaired) electrons. The standard InChI is InChI=1S/C24H34N2O4/c27-22(17-19-7-8-19)26-13-10-24(11-14-26)9-3-4-15-29-16-12-25-23(28)20-5-1-2-6-21(20)30-18-24/h1-2,5-6,19H,3-4,7-18H2,(H,25,28). The van der Waals surface area contributed by atoms with Crippen LogP contribution < -0.4 is 10.1 Å². The Kier molecular flexibility index (Phi) is 6.93. The molecule has 1 aromatic carbocycles.